The van der Waals surface area contributed by atoms with E-state index in [0.29, 0.717) is 4.88 Å². The quantitative estimate of drug-likeness (QED) is 0.501. The number of nitrogens with one attached hydrogen (secondary N) is 1. The summed E-state index contributed by atoms with van der Waals surface area (Å²) in [7, 11) is 1.77. The number of thiophene rings is 1. The van der Waals surface area contributed by atoms with E-state index in [2.05, 4.69) is 5.32 Å². The number of hydrogen-bond acceptors (Lipinski definition) is 5. The molecule has 0 aliphatic heterocycles. The number of anilines is 1. The molecule has 0 aliphatic rings. The SMILES string of the molecule is CCOC(=O)/C=C/C(=O)c1sc(-c2ccccc2)cc1NC. The summed E-state index contributed by atoms with van der Waals surface area (Å²) in [4.78, 5) is 25.1. The third kappa shape index (κ3) is 3.83. The van der Waals surface area contributed by atoms with Crippen LogP contribution >= 0.6 is 11.3 Å². The standard InChI is InChI=1S/C17H17NO3S/c1-3-21-16(20)10-9-14(19)17-13(18-2)11-15(22-17)12-7-5-4-6-8-12/h4-11,18H,3H2,1-2H3/b10-9+. The molecule has 0 aliphatic carbocycles. The Kier molecular flexibility index (Phi) is 5.49. The van der Waals surface area contributed by atoms with Crippen molar-refractivity contribution in [2.24, 2.45) is 0 Å². The van der Waals surface area contributed by atoms with Crippen molar-refractivity contribution in [2.45, 2.75) is 6.92 Å². The lowest BCUT2D eigenvalue weighted by Gasteiger charge is -1.98. The Morgan fingerprint density at radius 3 is 2.59 bits per heavy atom. The Morgan fingerprint density at radius 2 is 1.95 bits per heavy atom. The topological polar surface area (TPSA) is 55.4 Å². The van der Waals surface area contributed by atoms with Crippen LogP contribution in [-0.2, 0) is 9.53 Å². The molecule has 0 unspecified atom stereocenters. The van der Waals surface area contributed by atoms with Crippen LogP contribution in [0.5, 0.6) is 0 Å². The number of rotatable bonds is 6. The molecule has 0 atom stereocenters. The summed E-state index contributed by atoms with van der Waals surface area (Å²) in [6.07, 6.45) is 2.41. The fourth-order valence-electron chi connectivity index (χ4n) is 1.91. The second kappa shape index (κ2) is 7.56. The van der Waals surface area contributed by atoms with E-state index >= 15 is 0 Å². The molecular weight excluding hydrogens is 298 g/mol. The van der Waals surface area contributed by atoms with E-state index < -0.39 is 5.97 Å². The van der Waals surface area contributed by atoms with Crippen molar-refractivity contribution in [3.63, 3.8) is 0 Å². The molecule has 0 spiro atoms. The maximum Gasteiger partial charge on any atom is 0.330 e. The Morgan fingerprint density at radius 1 is 1.23 bits per heavy atom. The van der Waals surface area contributed by atoms with Crippen LogP contribution in [-0.4, -0.2) is 25.4 Å². The lowest BCUT2D eigenvalue weighted by Crippen LogP contribution is -2.02. The molecule has 0 saturated heterocycles. The largest absolute Gasteiger partial charge is 0.463 e. The molecule has 1 aromatic heterocycles. The van der Waals surface area contributed by atoms with E-state index in [1.165, 1.54) is 17.4 Å². The van der Waals surface area contributed by atoms with Crippen LogP contribution < -0.4 is 5.32 Å². The maximum atomic E-state index is 12.3. The van der Waals surface area contributed by atoms with Gasteiger partial charge in [0.05, 0.1) is 17.2 Å². The van der Waals surface area contributed by atoms with Crippen LogP contribution in [0, 0.1) is 0 Å². The number of benzene rings is 1. The van der Waals surface area contributed by atoms with Gasteiger partial charge in [0.25, 0.3) is 0 Å². The lowest BCUT2D eigenvalue weighted by molar-refractivity contribution is -0.137. The Labute approximate surface area is 133 Å². The predicted octanol–water partition coefficient (Wildman–Crippen LogP) is 3.76. The first-order chi connectivity index (χ1) is 10.7. The van der Waals surface area contributed by atoms with Gasteiger partial charge in [0.1, 0.15) is 0 Å². The number of esters is 1. The van der Waals surface area contributed by atoms with Crippen LogP contribution in [0.2, 0.25) is 0 Å². The fourth-order valence-corrected chi connectivity index (χ4v) is 3.00. The van der Waals surface area contributed by atoms with E-state index in [1.807, 2.05) is 36.4 Å². The van der Waals surface area contributed by atoms with Gasteiger partial charge in [0.15, 0.2) is 5.78 Å². The molecule has 0 fully saturated rings. The molecular formula is C17H17NO3S. The summed E-state index contributed by atoms with van der Waals surface area (Å²) in [5, 5.41) is 3.02. The third-order valence-corrected chi connectivity index (χ3v) is 4.14. The molecule has 1 aromatic carbocycles. The molecule has 0 radical (unpaired) electrons. The van der Waals surface area contributed by atoms with Crippen molar-refractivity contribution in [1.82, 2.24) is 0 Å². The van der Waals surface area contributed by atoms with Gasteiger partial charge in [-0.15, -0.1) is 11.3 Å². The van der Waals surface area contributed by atoms with Crippen molar-refractivity contribution in [3.05, 3.63) is 53.4 Å². The van der Waals surface area contributed by atoms with E-state index in [1.54, 1.807) is 14.0 Å². The zero-order valence-corrected chi connectivity index (χ0v) is 13.3. The third-order valence-electron chi connectivity index (χ3n) is 2.94. The van der Waals surface area contributed by atoms with Crippen LogP contribution in [0.25, 0.3) is 10.4 Å². The average molecular weight is 315 g/mol. The smallest absolute Gasteiger partial charge is 0.330 e. The van der Waals surface area contributed by atoms with E-state index in [9.17, 15) is 9.59 Å². The molecule has 0 saturated carbocycles. The van der Waals surface area contributed by atoms with Gasteiger partial charge in [0, 0.05) is 18.0 Å². The summed E-state index contributed by atoms with van der Waals surface area (Å²) in [5.74, 6) is -0.730. The lowest BCUT2D eigenvalue weighted by atomic mass is 10.2. The first-order valence-corrected chi connectivity index (χ1v) is 7.73. The molecule has 1 heterocycles. The van der Waals surface area contributed by atoms with Crippen LogP contribution in [0.3, 0.4) is 0 Å². The minimum atomic E-state index is -0.512. The summed E-state index contributed by atoms with van der Waals surface area (Å²) in [6, 6.07) is 11.8. The molecule has 114 valence electrons. The van der Waals surface area contributed by atoms with Gasteiger partial charge < -0.3 is 10.1 Å². The summed E-state index contributed by atoms with van der Waals surface area (Å²) >= 11 is 1.39. The average Bonchev–Trinajstić information content (AvgIpc) is 2.98. The molecule has 2 rings (SSSR count). The van der Waals surface area contributed by atoms with E-state index in [0.717, 1.165) is 22.2 Å². The fraction of sp³-hybridized carbons (Fsp3) is 0.176. The van der Waals surface area contributed by atoms with E-state index in [4.69, 9.17) is 4.74 Å². The Bertz CT molecular complexity index is 689. The van der Waals surface area contributed by atoms with Gasteiger partial charge in [-0.2, -0.15) is 0 Å². The van der Waals surface area contributed by atoms with Crippen molar-refractivity contribution >= 4 is 28.8 Å². The highest BCUT2D eigenvalue weighted by Crippen LogP contribution is 2.35. The summed E-state index contributed by atoms with van der Waals surface area (Å²) in [5.41, 5.74) is 1.81. The Balaban J connectivity index is 2.25. The zero-order chi connectivity index (χ0) is 15.9. The highest BCUT2D eigenvalue weighted by atomic mass is 32.1. The molecule has 0 amide bonds. The summed E-state index contributed by atoms with van der Waals surface area (Å²) < 4.78 is 4.77. The highest BCUT2D eigenvalue weighted by Gasteiger charge is 2.14. The molecule has 0 bridgehead atoms. The number of ketones is 1. The molecule has 2 aromatic rings. The minimum absolute atomic E-state index is 0.218. The van der Waals surface area contributed by atoms with E-state index in [-0.39, 0.29) is 12.4 Å². The van der Waals surface area contributed by atoms with Crippen molar-refractivity contribution in [2.75, 3.05) is 19.0 Å². The number of carbonyl (C=O) groups excluding carboxylic acids is 2. The van der Waals surface area contributed by atoms with Gasteiger partial charge in [-0.1, -0.05) is 30.3 Å². The number of ether oxygens (including phenoxy) is 1. The first-order valence-electron chi connectivity index (χ1n) is 6.92. The highest BCUT2D eigenvalue weighted by molar-refractivity contribution is 7.18. The van der Waals surface area contributed by atoms with Gasteiger partial charge in [-0.3, -0.25) is 4.79 Å². The second-order valence-electron chi connectivity index (χ2n) is 4.42. The van der Waals surface area contributed by atoms with Gasteiger partial charge >= 0.3 is 5.97 Å². The monoisotopic (exact) mass is 315 g/mol. The van der Waals surface area contributed by atoms with Gasteiger partial charge in [-0.25, -0.2) is 4.79 Å². The Hall–Kier alpha value is -2.40. The van der Waals surface area contributed by atoms with Crippen LogP contribution in [0.4, 0.5) is 5.69 Å². The van der Waals surface area contributed by atoms with Crippen LogP contribution in [0.15, 0.2) is 48.6 Å². The van der Waals surface area contributed by atoms with Crippen molar-refractivity contribution in [1.29, 1.82) is 0 Å². The zero-order valence-electron chi connectivity index (χ0n) is 12.5. The van der Waals surface area contributed by atoms with Gasteiger partial charge in [0.2, 0.25) is 0 Å². The normalized spacial score (nSPS) is 10.6. The molecule has 1 N–H and O–H groups in total. The van der Waals surface area contributed by atoms with Crippen LogP contribution in [0.1, 0.15) is 16.6 Å². The number of hydrogen-bond donors (Lipinski definition) is 1. The maximum absolute atomic E-state index is 12.3. The molecule has 22 heavy (non-hydrogen) atoms. The minimum Gasteiger partial charge on any atom is -0.463 e. The second-order valence-corrected chi connectivity index (χ2v) is 5.47. The first kappa shape index (κ1) is 16.0. The van der Waals surface area contributed by atoms with Crippen molar-refractivity contribution in [3.8, 4) is 10.4 Å². The molecule has 4 nitrogen and oxygen atoms in total. The molecule has 5 heteroatoms. The van der Waals surface area contributed by atoms with Gasteiger partial charge in [-0.05, 0) is 24.6 Å². The number of allylic oxidation sites excluding steroid dienone is 1. The van der Waals surface area contributed by atoms with Crippen molar-refractivity contribution < 1.29 is 14.3 Å². The summed E-state index contributed by atoms with van der Waals surface area (Å²) in [6.45, 7) is 2.01. The predicted molar refractivity (Wildman–Crippen MR) is 89.4 cm³/mol. The number of carbonyl (C=O) groups is 2.